The van der Waals surface area contributed by atoms with Crippen molar-refractivity contribution in [3.63, 3.8) is 0 Å². The Morgan fingerprint density at radius 3 is 1.73 bits per heavy atom. The fourth-order valence-electron chi connectivity index (χ4n) is 10.3. The number of rotatable bonds is 7. The Bertz CT molecular complexity index is 2950. The van der Waals surface area contributed by atoms with Crippen LogP contribution in [0.15, 0.2) is 186 Å². The van der Waals surface area contributed by atoms with Crippen molar-refractivity contribution in [1.82, 2.24) is 0 Å². The first kappa shape index (κ1) is 35.5. The molecule has 59 heavy (non-hydrogen) atoms. The fraction of sp³-hybridized carbons (Fsp3) is 0.158. The molecule has 2 nitrogen and oxygen atoms in total. The van der Waals surface area contributed by atoms with E-state index >= 15 is 0 Å². The van der Waals surface area contributed by atoms with E-state index in [2.05, 4.69) is 201 Å². The fourth-order valence-corrected chi connectivity index (χ4v) is 10.3. The molecular weight excluding hydrogens is 715 g/mol. The molecule has 0 unspecified atom stereocenters. The smallest absolute Gasteiger partial charge is 0.143 e. The van der Waals surface area contributed by atoms with E-state index in [0.29, 0.717) is 5.92 Å². The highest BCUT2D eigenvalue weighted by Gasteiger charge is 2.40. The largest absolute Gasteiger partial charge is 0.455 e. The van der Waals surface area contributed by atoms with Crippen molar-refractivity contribution in [2.75, 3.05) is 4.90 Å². The Kier molecular flexibility index (Phi) is 8.62. The Balaban J connectivity index is 1.22. The normalized spacial score (nSPS) is 14.7. The van der Waals surface area contributed by atoms with Crippen molar-refractivity contribution in [3.8, 4) is 44.5 Å². The maximum Gasteiger partial charge on any atom is 0.143 e. The minimum Gasteiger partial charge on any atom is -0.455 e. The molecule has 0 aliphatic heterocycles. The number of fused-ring (bicyclic) bond motifs is 6. The third-order valence-electron chi connectivity index (χ3n) is 13.2. The minimum atomic E-state index is -0.213. The topological polar surface area (TPSA) is 16.4 Å². The molecule has 1 aromatic heterocycles. The molecule has 0 saturated heterocycles. The Morgan fingerprint density at radius 2 is 1.07 bits per heavy atom. The SMILES string of the molecule is CC1(C)c2ccccc2-c2cc3c(oc4cc(-c5ccccc5)cc(N(c5ccc(-c6ccccc6)cc5)c5ccc(C6CCCCC6)cc5)c43)c(-c3ccccc3)c21. The summed E-state index contributed by atoms with van der Waals surface area (Å²) < 4.78 is 7.33. The molecule has 2 aliphatic carbocycles. The Hall–Kier alpha value is -6.64. The van der Waals surface area contributed by atoms with Gasteiger partial charge in [-0.05, 0) is 117 Å². The van der Waals surface area contributed by atoms with Crippen molar-refractivity contribution in [3.05, 3.63) is 199 Å². The van der Waals surface area contributed by atoms with Crippen LogP contribution in [0.4, 0.5) is 17.1 Å². The van der Waals surface area contributed by atoms with Crippen molar-refractivity contribution < 1.29 is 4.42 Å². The first-order valence-electron chi connectivity index (χ1n) is 21.4. The standard InChI is InChI=1S/C57H47NO/c1-57(2)50-26-16-15-25-47(50)48-37-49-54-51(35-44(40-21-11-5-12-22-40)36-52(54)59-56(49)53(55(48)57)43-23-13-6-14-24-43)58(45-31-27-41(28-32-45)38-17-7-3-8-18-38)46-33-29-42(30-34-46)39-19-9-4-10-20-39/h3,5-8,11-18,21-37,39H,4,9-10,19-20H2,1-2H3. The van der Waals surface area contributed by atoms with Gasteiger partial charge < -0.3 is 9.32 Å². The van der Waals surface area contributed by atoms with Crippen LogP contribution in [0.2, 0.25) is 0 Å². The summed E-state index contributed by atoms with van der Waals surface area (Å²) in [7, 11) is 0. The van der Waals surface area contributed by atoms with Gasteiger partial charge in [-0.1, -0.05) is 173 Å². The van der Waals surface area contributed by atoms with E-state index in [-0.39, 0.29) is 5.41 Å². The summed E-state index contributed by atoms with van der Waals surface area (Å²) in [5, 5.41) is 2.25. The number of nitrogens with zero attached hydrogens (tertiary/aromatic N) is 1. The molecule has 1 fully saturated rings. The summed E-state index contributed by atoms with van der Waals surface area (Å²) in [6, 6.07) is 66.9. The predicted molar refractivity (Wildman–Crippen MR) is 248 cm³/mol. The molecule has 0 N–H and O–H groups in total. The van der Waals surface area contributed by atoms with Crippen molar-refractivity contribution in [2.24, 2.45) is 0 Å². The second-order valence-electron chi connectivity index (χ2n) is 17.1. The number of hydrogen-bond donors (Lipinski definition) is 0. The number of furan rings is 1. The lowest BCUT2D eigenvalue weighted by Crippen LogP contribution is -2.16. The van der Waals surface area contributed by atoms with Crippen molar-refractivity contribution in [1.29, 1.82) is 0 Å². The molecule has 2 aliphatic rings. The lowest BCUT2D eigenvalue weighted by atomic mass is 9.78. The number of benzene rings is 8. The van der Waals surface area contributed by atoms with Gasteiger partial charge in [0.05, 0.1) is 11.1 Å². The van der Waals surface area contributed by atoms with E-state index in [1.807, 2.05) is 0 Å². The van der Waals surface area contributed by atoms with Gasteiger partial charge in [0, 0.05) is 27.7 Å². The number of anilines is 3. The summed E-state index contributed by atoms with van der Waals surface area (Å²) in [4.78, 5) is 2.47. The van der Waals surface area contributed by atoms with Crippen LogP contribution in [0.1, 0.15) is 68.6 Å². The molecule has 2 heteroatoms. The van der Waals surface area contributed by atoms with E-state index in [0.717, 1.165) is 50.1 Å². The molecular formula is C57H47NO. The second-order valence-corrected chi connectivity index (χ2v) is 17.1. The molecule has 0 bridgehead atoms. The Morgan fingerprint density at radius 1 is 0.508 bits per heavy atom. The average Bonchev–Trinajstić information content (AvgIpc) is 3.79. The van der Waals surface area contributed by atoms with Crippen LogP contribution in [0.5, 0.6) is 0 Å². The van der Waals surface area contributed by atoms with E-state index in [9.17, 15) is 0 Å². The van der Waals surface area contributed by atoms with Crippen LogP contribution >= 0.6 is 0 Å². The van der Waals surface area contributed by atoms with Crippen LogP contribution in [0, 0.1) is 0 Å². The summed E-state index contributed by atoms with van der Waals surface area (Å²) in [6.45, 7) is 4.74. The highest BCUT2D eigenvalue weighted by Crippen LogP contribution is 2.57. The molecule has 0 atom stereocenters. The average molecular weight is 762 g/mol. The third-order valence-corrected chi connectivity index (χ3v) is 13.2. The molecule has 11 rings (SSSR count). The monoisotopic (exact) mass is 761 g/mol. The molecule has 1 heterocycles. The summed E-state index contributed by atoms with van der Waals surface area (Å²) >= 11 is 0. The molecule has 9 aromatic rings. The molecule has 8 aromatic carbocycles. The molecule has 0 radical (unpaired) electrons. The lowest BCUT2D eigenvalue weighted by molar-refractivity contribution is 0.443. The van der Waals surface area contributed by atoms with Gasteiger partial charge in [0.25, 0.3) is 0 Å². The quantitative estimate of drug-likeness (QED) is 0.161. The highest BCUT2D eigenvalue weighted by atomic mass is 16.3. The molecule has 286 valence electrons. The van der Waals surface area contributed by atoms with E-state index < -0.39 is 0 Å². The zero-order valence-corrected chi connectivity index (χ0v) is 33.8. The first-order chi connectivity index (χ1) is 29.0. The highest BCUT2D eigenvalue weighted by molar-refractivity contribution is 6.19. The van der Waals surface area contributed by atoms with Gasteiger partial charge in [-0.2, -0.15) is 0 Å². The second kappa shape index (κ2) is 14.3. The van der Waals surface area contributed by atoms with Crippen LogP contribution in [-0.4, -0.2) is 0 Å². The van der Waals surface area contributed by atoms with Crippen LogP contribution in [0.3, 0.4) is 0 Å². The lowest BCUT2D eigenvalue weighted by Gasteiger charge is -2.28. The Labute approximate surface area is 347 Å². The van der Waals surface area contributed by atoms with Gasteiger partial charge in [-0.15, -0.1) is 0 Å². The van der Waals surface area contributed by atoms with E-state index in [1.165, 1.54) is 82.2 Å². The van der Waals surface area contributed by atoms with E-state index in [1.54, 1.807) is 0 Å². The van der Waals surface area contributed by atoms with Crippen molar-refractivity contribution >= 4 is 39.0 Å². The van der Waals surface area contributed by atoms with Crippen LogP contribution < -0.4 is 4.90 Å². The first-order valence-corrected chi connectivity index (χ1v) is 21.4. The summed E-state index contributed by atoms with van der Waals surface area (Å²) in [5.74, 6) is 0.632. The molecule has 0 spiro atoms. The summed E-state index contributed by atoms with van der Waals surface area (Å²) in [6.07, 6.45) is 6.55. The van der Waals surface area contributed by atoms with Gasteiger partial charge in [-0.25, -0.2) is 0 Å². The van der Waals surface area contributed by atoms with Gasteiger partial charge in [0.2, 0.25) is 0 Å². The van der Waals surface area contributed by atoms with E-state index in [4.69, 9.17) is 4.42 Å². The van der Waals surface area contributed by atoms with Gasteiger partial charge in [0.1, 0.15) is 11.2 Å². The third kappa shape index (κ3) is 6.00. The predicted octanol–water partition coefficient (Wildman–Crippen LogP) is 16.4. The maximum absolute atomic E-state index is 7.33. The van der Waals surface area contributed by atoms with Gasteiger partial charge in [0.15, 0.2) is 0 Å². The zero-order chi connectivity index (χ0) is 39.5. The molecule has 0 amide bonds. The van der Waals surface area contributed by atoms with Gasteiger partial charge in [-0.3, -0.25) is 0 Å². The van der Waals surface area contributed by atoms with Crippen LogP contribution in [-0.2, 0) is 5.41 Å². The zero-order valence-electron chi connectivity index (χ0n) is 33.8. The summed E-state index contributed by atoms with van der Waals surface area (Å²) in [5.41, 5.74) is 18.7. The van der Waals surface area contributed by atoms with Gasteiger partial charge >= 0.3 is 0 Å². The maximum atomic E-state index is 7.33. The number of hydrogen-bond acceptors (Lipinski definition) is 2. The minimum absolute atomic E-state index is 0.213. The van der Waals surface area contributed by atoms with Crippen LogP contribution in [0.25, 0.3) is 66.4 Å². The van der Waals surface area contributed by atoms with Crippen molar-refractivity contribution in [2.45, 2.75) is 57.3 Å². The molecule has 1 saturated carbocycles.